The number of rotatable bonds is 8. The Morgan fingerprint density at radius 2 is 1.97 bits per heavy atom. The molecule has 2 aromatic carbocycles. The van der Waals surface area contributed by atoms with Crippen molar-refractivity contribution in [3.63, 3.8) is 0 Å². The van der Waals surface area contributed by atoms with E-state index in [9.17, 15) is 4.79 Å². The molecule has 0 spiro atoms. The van der Waals surface area contributed by atoms with Crippen LogP contribution in [-0.4, -0.2) is 67.4 Å². The number of hydrogen-bond donors (Lipinski definition) is 1. The van der Waals surface area contributed by atoms with Crippen LogP contribution >= 0.6 is 0 Å². The first-order valence-corrected chi connectivity index (χ1v) is 10.4. The van der Waals surface area contributed by atoms with Crippen LogP contribution in [0.1, 0.15) is 13.1 Å². The molecule has 166 valence electrons. The van der Waals surface area contributed by atoms with Gasteiger partial charge in [0.2, 0.25) is 0 Å². The number of nitrogens with one attached hydrogen (secondary N) is 1. The minimum Gasteiger partial charge on any atom is -0.492 e. The molecule has 8 nitrogen and oxygen atoms in total. The van der Waals surface area contributed by atoms with Crippen LogP contribution in [0.2, 0.25) is 0 Å². The van der Waals surface area contributed by atoms with Crippen LogP contribution in [0.3, 0.4) is 0 Å². The number of carbonyl (C=O) groups is 1. The lowest BCUT2D eigenvalue weighted by atomic mass is 10.1. The quantitative estimate of drug-likeness (QED) is 0.538. The molecule has 0 bridgehead atoms. The molecule has 32 heavy (non-hydrogen) atoms. The first-order chi connectivity index (χ1) is 16.6. The number of esters is 1. The fourth-order valence-electron chi connectivity index (χ4n) is 3.46. The molecule has 1 saturated heterocycles. The Morgan fingerprint density at radius 3 is 2.84 bits per heavy atom. The van der Waals surface area contributed by atoms with E-state index in [1.807, 2.05) is 24.3 Å². The highest BCUT2D eigenvalue weighted by Gasteiger charge is 2.14. The summed E-state index contributed by atoms with van der Waals surface area (Å²) in [5, 5.41) is 3.11. The van der Waals surface area contributed by atoms with Crippen LogP contribution in [-0.2, 0) is 9.47 Å². The van der Waals surface area contributed by atoms with E-state index < -0.39 is 13.0 Å². The molecule has 4 rings (SSSR count). The second-order valence-corrected chi connectivity index (χ2v) is 7.16. The normalized spacial score (nSPS) is 15.0. The summed E-state index contributed by atoms with van der Waals surface area (Å²) in [6, 6.07) is 16.2. The standard InChI is InChI=1S/C24H26N4O4/c1-30-24(29)19-7-2-4-8-20(19)27-23-16-21(25-17-26-23)18-6-3-5-9-22(18)32-15-12-28-10-13-31-14-11-28/h2-9,16-17H,10-15H2,1H3,(H,25,26,27)/i1D2. The Balaban J connectivity index is 1.49. The zero-order valence-corrected chi connectivity index (χ0v) is 17.6. The van der Waals surface area contributed by atoms with Crippen LogP contribution in [0.4, 0.5) is 11.5 Å². The number of carbonyl (C=O) groups excluding carboxylic acids is 1. The van der Waals surface area contributed by atoms with Crippen LogP contribution in [0, 0.1) is 0 Å². The van der Waals surface area contributed by atoms with Crippen molar-refractivity contribution in [1.29, 1.82) is 0 Å². The maximum absolute atomic E-state index is 12.3. The van der Waals surface area contributed by atoms with Crippen LogP contribution in [0.5, 0.6) is 5.75 Å². The number of methoxy groups -OCH3 is 1. The van der Waals surface area contributed by atoms with Gasteiger partial charge in [0.15, 0.2) is 0 Å². The molecule has 0 unspecified atom stereocenters. The highest BCUT2D eigenvalue weighted by molar-refractivity contribution is 5.96. The number of morpholine rings is 1. The van der Waals surface area contributed by atoms with Crippen molar-refractivity contribution in [2.75, 3.05) is 51.8 Å². The van der Waals surface area contributed by atoms with Crippen molar-refractivity contribution in [3.05, 3.63) is 66.5 Å². The average molecular weight is 437 g/mol. The fourth-order valence-corrected chi connectivity index (χ4v) is 3.46. The molecule has 0 radical (unpaired) electrons. The molecule has 0 saturated carbocycles. The number of benzene rings is 2. The summed E-state index contributed by atoms with van der Waals surface area (Å²) < 4.78 is 30.5. The molecule has 1 aliphatic heterocycles. The number of aromatic nitrogens is 2. The van der Waals surface area contributed by atoms with E-state index >= 15 is 0 Å². The van der Waals surface area contributed by atoms with E-state index in [0.717, 1.165) is 44.2 Å². The molecular formula is C24H26N4O4. The number of anilines is 2. The third kappa shape index (κ3) is 5.40. The topological polar surface area (TPSA) is 85.8 Å². The zero-order valence-electron chi connectivity index (χ0n) is 19.6. The molecule has 0 aliphatic carbocycles. The van der Waals surface area contributed by atoms with Gasteiger partial charge in [-0.25, -0.2) is 14.8 Å². The smallest absolute Gasteiger partial charge is 0.339 e. The van der Waals surface area contributed by atoms with E-state index in [2.05, 4.69) is 20.2 Å². The Kier molecular flexibility index (Phi) is 6.42. The van der Waals surface area contributed by atoms with Gasteiger partial charge >= 0.3 is 5.97 Å². The van der Waals surface area contributed by atoms with E-state index in [1.54, 1.807) is 30.3 Å². The molecule has 3 aromatic rings. The number of nitrogens with zero attached hydrogens (tertiary/aromatic N) is 3. The van der Waals surface area contributed by atoms with Gasteiger partial charge in [0, 0.05) is 31.3 Å². The average Bonchev–Trinajstić information content (AvgIpc) is 2.85. The Morgan fingerprint density at radius 1 is 1.16 bits per heavy atom. The van der Waals surface area contributed by atoms with Crippen molar-refractivity contribution in [2.45, 2.75) is 0 Å². The van der Waals surface area contributed by atoms with Gasteiger partial charge in [-0.1, -0.05) is 24.3 Å². The molecule has 0 amide bonds. The number of hydrogen-bond acceptors (Lipinski definition) is 8. The van der Waals surface area contributed by atoms with Gasteiger partial charge in [-0.15, -0.1) is 0 Å². The maximum atomic E-state index is 12.3. The Bertz CT molecular complexity index is 1110. The van der Waals surface area contributed by atoms with Gasteiger partial charge in [-0.05, 0) is 24.3 Å². The molecule has 1 N–H and O–H groups in total. The summed E-state index contributed by atoms with van der Waals surface area (Å²) in [5.41, 5.74) is 2.15. The predicted octanol–water partition coefficient (Wildman–Crippen LogP) is 3.38. The second kappa shape index (κ2) is 10.7. The second-order valence-electron chi connectivity index (χ2n) is 7.16. The summed E-state index contributed by atoms with van der Waals surface area (Å²) in [6.07, 6.45) is 1.44. The largest absolute Gasteiger partial charge is 0.492 e. The molecule has 8 heteroatoms. The third-order valence-electron chi connectivity index (χ3n) is 5.12. The molecule has 1 aromatic heterocycles. The highest BCUT2D eigenvalue weighted by atomic mass is 16.5. The number of para-hydroxylation sites is 2. The van der Waals surface area contributed by atoms with E-state index in [-0.39, 0.29) is 5.56 Å². The molecular weight excluding hydrogens is 408 g/mol. The van der Waals surface area contributed by atoms with E-state index in [0.29, 0.717) is 23.8 Å². The summed E-state index contributed by atoms with van der Waals surface area (Å²) in [6.45, 7) is 4.69. The van der Waals surface area contributed by atoms with Crippen molar-refractivity contribution in [3.8, 4) is 17.0 Å². The molecule has 0 atom stereocenters. The van der Waals surface area contributed by atoms with E-state index in [1.165, 1.54) is 6.33 Å². The first-order valence-electron chi connectivity index (χ1n) is 11.5. The van der Waals surface area contributed by atoms with Gasteiger partial charge in [0.25, 0.3) is 0 Å². The van der Waals surface area contributed by atoms with Crippen molar-refractivity contribution in [2.24, 2.45) is 0 Å². The summed E-state index contributed by atoms with van der Waals surface area (Å²) >= 11 is 0. The van der Waals surface area contributed by atoms with Crippen molar-refractivity contribution >= 4 is 17.5 Å². The Hall–Kier alpha value is -3.49. The van der Waals surface area contributed by atoms with Crippen LogP contribution in [0.15, 0.2) is 60.9 Å². The lowest BCUT2D eigenvalue weighted by Crippen LogP contribution is -2.38. The van der Waals surface area contributed by atoms with Gasteiger partial charge < -0.3 is 19.5 Å². The van der Waals surface area contributed by atoms with Crippen molar-refractivity contribution in [1.82, 2.24) is 14.9 Å². The molecule has 1 aliphatic rings. The lowest BCUT2D eigenvalue weighted by molar-refractivity contribution is 0.0323. The first kappa shape index (κ1) is 19.2. The van der Waals surface area contributed by atoms with Gasteiger partial charge in [0.1, 0.15) is 24.5 Å². The lowest BCUT2D eigenvalue weighted by Gasteiger charge is -2.26. The van der Waals surface area contributed by atoms with Crippen molar-refractivity contribution < 1.29 is 21.7 Å². The molecule has 1 fully saturated rings. The van der Waals surface area contributed by atoms with E-state index in [4.69, 9.17) is 17.0 Å². The third-order valence-corrected chi connectivity index (χ3v) is 5.12. The SMILES string of the molecule is [2H]C([2H])OC(=O)c1ccccc1Nc1cc(-c2ccccc2OCCN2CCOCC2)ncn1. The molecule has 2 heterocycles. The summed E-state index contributed by atoms with van der Waals surface area (Å²) in [7, 11) is -1.70. The van der Waals surface area contributed by atoms with Gasteiger partial charge in [-0.3, -0.25) is 4.90 Å². The minimum atomic E-state index is -1.70. The Labute approximate surface area is 190 Å². The van der Waals surface area contributed by atoms with Gasteiger partial charge in [-0.2, -0.15) is 0 Å². The minimum absolute atomic E-state index is 0.207. The zero-order chi connectivity index (χ0) is 23.8. The predicted molar refractivity (Wildman–Crippen MR) is 121 cm³/mol. The highest BCUT2D eigenvalue weighted by Crippen LogP contribution is 2.30. The monoisotopic (exact) mass is 436 g/mol. The van der Waals surface area contributed by atoms with Gasteiger partial charge in [0.05, 0.1) is 40.0 Å². The summed E-state index contributed by atoms with van der Waals surface area (Å²) in [4.78, 5) is 23.2. The number of ether oxygens (including phenoxy) is 3. The maximum Gasteiger partial charge on any atom is 0.339 e. The van der Waals surface area contributed by atoms with Crippen LogP contribution < -0.4 is 10.1 Å². The summed E-state index contributed by atoms with van der Waals surface area (Å²) in [5.74, 6) is 0.439. The fraction of sp³-hybridized carbons (Fsp3) is 0.292. The van der Waals surface area contributed by atoms with Crippen LogP contribution in [0.25, 0.3) is 11.3 Å².